The number of rotatable bonds is 6. The third-order valence-corrected chi connectivity index (χ3v) is 5.66. The van der Waals surface area contributed by atoms with Crippen molar-refractivity contribution in [2.45, 2.75) is 25.5 Å². The molecule has 3 rings (SSSR count). The first-order chi connectivity index (χ1) is 12.6. The first kappa shape index (κ1) is 19.2. The molecule has 0 unspecified atom stereocenters. The number of hydrogen-bond acceptors (Lipinski definition) is 6. The summed E-state index contributed by atoms with van der Waals surface area (Å²) in [5.74, 6) is 1.06. The molecule has 0 saturated carbocycles. The normalized spacial score (nSPS) is 14.5. The second kappa shape index (κ2) is 8.88. The molecule has 1 aromatic heterocycles. The van der Waals surface area contributed by atoms with Gasteiger partial charge in [0.15, 0.2) is 5.16 Å². The minimum absolute atomic E-state index is 0.0712. The van der Waals surface area contributed by atoms with Gasteiger partial charge in [-0.2, -0.15) is 0 Å². The predicted molar refractivity (Wildman–Crippen MR) is 107 cm³/mol. The molecule has 2 heterocycles. The zero-order chi connectivity index (χ0) is 18.5. The van der Waals surface area contributed by atoms with Crippen molar-refractivity contribution >= 4 is 45.2 Å². The van der Waals surface area contributed by atoms with E-state index in [0.29, 0.717) is 13.2 Å². The molecule has 1 N–H and O–H groups in total. The molecular formula is C17H22BrN5O2S. The van der Waals surface area contributed by atoms with Gasteiger partial charge in [-0.05, 0) is 47.5 Å². The van der Waals surface area contributed by atoms with Gasteiger partial charge in [0.1, 0.15) is 0 Å². The van der Waals surface area contributed by atoms with Gasteiger partial charge in [-0.25, -0.2) is 0 Å². The summed E-state index contributed by atoms with van der Waals surface area (Å²) in [6.45, 7) is 7.85. The Morgan fingerprint density at radius 2 is 2.12 bits per heavy atom. The van der Waals surface area contributed by atoms with Crippen LogP contribution in [-0.2, 0) is 16.1 Å². The molecule has 0 atom stereocenters. The molecule has 1 fully saturated rings. The summed E-state index contributed by atoms with van der Waals surface area (Å²) in [7, 11) is 0. The van der Waals surface area contributed by atoms with Crippen LogP contribution < -0.4 is 10.2 Å². The lowest BCUT2D eigenvalue weighted by Crippen LogP contribution is -2.38. The fourth-order valence-electron chi connectivity index (χ4n) is 2.70. The molecule has 0 spiro atoms. The largest absolute Gasteiger partial charge is 0.378 e. The predicted octanol–water partition coefficient (Wildman–Crippen LogP) is 2.94. The molecule has 7 nitrogen and oxygen atoms in total. The van der Waals surface area contributed by atoms with Gasteiger partial charge >= 0.3 is 0 Å². The second-order valence-electron chi connectivity index (χ2n) is 5.95. The smallest absolute Gasteiger partial charge is 0.234 e. The van der Waals surface area contributed by atoms with Gasteiger partial charge in [0.25, 0.3) is 0 Å². The first-order valence-electron chi connectivity index (χ1n) is 8.53. The summed E-state index contributed by atoms with van der Waals surface area (Å²) in [5.41, 5.74) is 1.91. The minimum atomic E-state index is -0.0712. The van der Waals surface area contributed by atoms with Crippen molar-refractivity contribution in [1.82, 2.24) is 14.8 Å². The number of halogens is 1. The van der Waals surface area contributed by atoms with Gasteiger partial charge in [0.05, 0.1) is 24.7 Å². The summed E-state index contributed by atoms with van der Waals surface area (Å²) in [6.07, 6.45) is 0. The van der Waals surface area contributed by atoms with Gasteiger partial charge in [-0.15, -0.1) is 10.2 Å². The number of ether oxygens (including phenoxy) is 1. The fraction of sp³-hybridized carbons (Fsp3) is 0.471. The van der Waals surface area contributed by atoms with Gasteiger partial charge < -0.3 is 15.0 Å². The van der Waals surface area contributed by atoms with E-state index >= 15 is 0 Å². The van der Waals surface area contributed by atoms with Crippen LogP contribution in [0.3, 0.4) is 0 Å². The molecule has 0 radical (unpaired) electrons. The molecule has 1 aliphatic rings. The zero-order valence-electron chi connectivity index (χ0n) is 14.9. The highest BCUT2D eigenvalue weighted by Crippen LogP contribution is 2.25. The van der Waals surface area contributed by atoms with Crippen LogP contribution in [0.2, 0.25) is 0 Å². The maximum Gasteiger partial charge on any atom is 0.234 e. The van der Waals surface area contributed by atoms with Crippen LogP contribution in [0.25, 0.3) is 0 Å². The molecule has 1 aliphatic heterocycles. The van der Waals surface area contributed by atoms with Crippen molar-refractivity contribution in [3.63, 3.8) is 0 Å². The number of nitrogens with zero attached hydrogens (tertiary/aromatic N) is 4. The van der Waals surface area contributed by atoms with Crippen LogP contribution in [0.4, 0.5) is 11.6 Å². The number of benzene rings is 1. The average Bonchev–Trinajstić information content (AvgIpc) is 3.06. The van der Waals surface area contributed by atoms with Crippen LogP contribution >= 0.6 is 27.7 Å². The molecule has 1 aromatic carbocycles. The van der Waals surface area contributed by atoms with E-state index in [9.17, 15) is 4.79 Å². The number of carbonyl (C=O) groups is 1. The lowest BCUT2D eigenvalue weighted by molar-refractivity contribution is -0.113. The van der Waals surface area contributed by atoms with Crippen LogP contribution in [0.5, 0.6) is 0 Å². The summed E-state index contributed by atoms with van der Waals surface area (Å²) in [5, 5.41) is 12.3. The lowest BCUT2D eigenvalue weighted by atomic mass is 10.2. The number of nitrogens with one attached hydrogen (secondary N) is 1. The fourth-order valence-corrected chi connectivity index (χ4v) is 4.09. The van der Waals surface area contributed by atoms with Crippen LogP contribution in [0.15, 0.2) is 27.8 Å². The molecule has 26 heavy (non-hydrogen) atoms. The Balaban J connectivity index is 1.62. The Kier molecular flexibility index (Phi) is 6.55. The summed E-state index contributed by atoms with van der Waals surface area (Å²) < 4.78 is 8.32. The molecule has 140 valence electrons. The van der Waals surface area contributed by atoms with Crippen molar-refractivity contribution in [2.24, 2.45) is 0 Å². The number of aryl methyl sites for hydroxylation is 1. The molecular weight excluding hydrogens is 418 g/mol. The van der Waals surface area contributed by atoms with E-state index in [1.807, 2.05) is 29.7 Å². The monoisotopic (exact) mass is 439 g/mol. The van der Waals surface area contributed by atoms with Crippen LogP contribution in [-0.4, -0.2) is 52.7 Å². The Morgan fingerprint density at radius 1 is 1.35 bits per heavy atom. The Bertz CT molecular complexity index is 777. The van der Waals surface area contributed by atoms with Crippen molar-refractivity contribution in [3.05, 3.63) is 28.2 Å². The number of morpholine rings is 1. The number of carbonyl (C=O) groups excluding carboxylic acids is 1. The number of amides is 1. The van der Waals surface area contributed by atoms with E-state index in [1.54, 1.807) is 0 Å². The second-order valence-corrected chi connectivity index (χ2v) is 7.74. The Morgan fingerprint density at radius 3 is 2.81 bits per heavy atom. The molecule has 2 aromatic rings. The molecule has 0 bridgehead atoms. The van der Waals surface area contributed by atoms with Gasteiger partial charge in [0.2, 0.25) is 11.9 Å². The molecule has 1 amide bonds. The summed E-state index contributed by atoms with van der Waals surface area (Å²) >= 11 is 4.88. The lowest BCUT2D eigenvalue weighted by Gasteiger charge is -2.27. The highest BCUT2D eigenvalue weighted by molar-refractivity contribution is 9.10. The zero-order valence-corrected chi connectivity index (χ0v) is 17.3. The van der Waals surface area contributed by atoms with Gasteiger partial charge in [-0.1, -0.05) is 17.8 Å². The van der Waals surface area contributed by atoms with Crippen LogP contribution in [0, 0.1) is 6.92 Å². The number of thioether (sulfide) groups is 1. The number of hydrogen-bond donors (Lipinski definition) is 1. The first-order valence-corrected chi connectivity index (χ1v) is 10.3. The van der Waals surface area contributed by atoms with E-state index < -0.39 is 0 Å². The maximum atomic E-state index is 12.3. The minimum Gasteiger partial charge on any atom is -0.378 e. The Hall–Kier alpha value is -1.58. The summed E-state index contributed by atoms with van der Waals surface area (Å²) in [4.78, 5) is 14.5. The highest BCUT2D eigenvalue weighted by Gasteiger charge is 2.20. The SMILES string of the molecule is CCn1c(SCC(=O)Nc2ccc(C)cc2Br)nnc1N1CCOCC1. The third kappa shape index (κ3) is 4.57. The topological polar surface area (TPSA) is 72.3 Å². The molecule has 9 heteroatoms. The van der Waals surface area contributed by atoms with E-state index in [-0.39, 0.29) is 11.7 Å². The Labute approximate surface area is 165 Å². The van der Waals surface area contributed by atoms with Crippen molar-refractivity contribution in [3.8, 4) is 0 Å². The number of aromatic nitrogens is 3. The maximum absolute atomic E-state index is 12.3. The van der Waals surface area contributed by atoms with Crippen molar-refractivity contribution < 1.29 is 9.53 Å². The van der Waals surface area contributed by atoms with Crippen molar-refractivity contribution in [1.29, 1.82) is 0 Å². The number of anilines is 2. The highest BCUT2D eigenvalue weighted by atomic mass is 79.9. The van der Waals surface area contributed by atoms with E-state index in [0.717, 1.165) is 46.5 Å². The van der Waals surface area contributed by atoms with E-state index in [2.05, 4.69) is 43.3 Å². The van der Waals surface area contributed by atoms with Gasteiger partial charge in [-0.3, -0.25) is 9.36 Å². The van der Waals surface area contributed by atoms with E-state index in [4.69, 9.17) is 4.74 Å². The molecule has 0 aliphatic carbocycles. The van der Waals surface area contributed by atoms with Crippen molar-refractivity contribution in [2.75, 3.05) is 42.3 Å². The van der Waals surface area contributed by atoms with Crippen LogP contribution in [0.1, 0.15) is 12.5 Å². The quantitative estimate of drug-likeness (QED) is 0.697. The van der Waals surface area contributed by atoms with E-state index in [1.165, 1.54) is 11.8 Å². The standard InChI is InChI=1S/C17H22BrN5O2S/c1-3-23-16(22-6-8-25-9-7-22)20-21-17(23)26-11-15(24)19-14-5-4-12(2)10-13(14)18/h4-5,10H,3,6-9,11H2,1-2H3,(H,19,24). The summed E-state index contributed by atoms with van der Waals surface area (Å²) in [6, 6.07) is 5.84. The van der Waals surface area contributed by atoms with Gasteiger partial charge in [0, 0.05) is 24.1 Å². The average molecular weight is 440 g/mol. The molecule has 1 saturated heterocycles. The third-order valence-electron chi connectivity index (χ3n) is 4.04.